The highest BCUT2D eigenvalue weighted by Gasteiger charge is 2.24. The fourth-order valence-corrected chi connectivity index (χ4v) is 3.04. The van der Waals surface area contributed by atoms with Gasteiger partial charge in [-0.15, -0.1) is 0 Å². The Balaban J connectivity index is 1.44. The van der Waals surface area contributed by atoms with Crippen molar-refractivity contribution in [3.63, 3.8) is 0 Å². The Labute approximate surface area is 163 Å². The SMILES string of the molecule is COc1cccc(C(=O)N2CCN(C(=O)CCOc3ccc(F)cc3)CC2)c1. The van der Waals surface area contributed by atoms with Gasteiger partial charge in [0.05, 0.1) is 20.1 Å². The summed E-state index contributed by atoms with van der Waals surface area (Å²) in [5, 5.41) is 0. The van der Waals surface area contributed by atoms with E-state index in [1.165, 1.54) is 24.3 Å². The molecule has 3 rings (SSSR count). The molecule has 2 aromatic rings. The predicted octanol–water partition coefficient (Wildman–Crippen LogP) is 2.59. The maximum Gasteiger partial charge on any atom is 0.254 e. The van der Waals surface area contributed by atoms with Crippen molar-refractivity contribution >= 4 is 11.8 Å². The molecule has 2 aromatic carbocycles. The van der Waals surface area contributed by atoms with Crippen LogP contribution in [0.25, 0.3) is 0 Å². The third-order valence-corrected chi connectivity index (χ3v) is 4.63. The van der Waals surface area contributed by atoms with Crippen molar-refractivity contribution in [3.05, 3.63) is 59.9 Å². The van der Waals surface area contributed by atoms with E-state index in [0.29, 0.717) is 43.2 Å². The van der Waals surface area contributed by atoms with E-state index in [1.54, 1.807) is 41.2 Å². The molecule has 1 aliphatic rings. The number of piperazine rings is 1. The molecule has 1 saturated heterocycles. The lowest BCUT2D eigenvalue weighted by atomic mass is 10.1. The van der Waals surface area contributed by atoms with E-state index in [-0.39, 0.29) is 30.7 Å². The van der Waals surface area contributed by atoms with E-state index >= 15 is 0 Å². The topological polar surface area (TPSA) is 59.1 Å². The molecule has 0 aromatic heterocycles. The molecule has 7 heteroatoms. The average molecular weight is 386 g/mol. The monoisotopic (exact) mass is 386 g/mol. The maximum atomic E-state index is 12.9. The summed E-state index contributed by atoms with van der Waals surface area (Å²) in [6.45, 7) is 2.19. The van der Waals surface area contributed by atoms with Crippen molar-refractivity contribution in [1.82, 2.24) is 9.80 Å². The highest BCUT2D eigenvalue weighted by Crippen LogP contribution is 2.16. The maximum absolute atomic E-state index is 12.9. The predicted molar refractivity (Wildman–Crippen MR) is 102 cm³/mol. The highest BCUT2D eigenvalue weighted by atomic mass is 19.1. The molecule has 28 heavy (non-hydrogen) atoms. The van der Waals surface area contributed by atoms with Crippen LogP contribution in [0, 0.1) is 5.82 Å². The minimum atomic E-state index is -0.329. The van der Waals surface area contributed by atoms with Crippen LogP contribution in [-0.2, 0) is 4.79 Å². The van der Waals surface area contributed by atoms with Crippen LogP contribution in [0.2, 0.25) is 0 Å². The molecular formula is C21H23FN2O4. The van der Waals surface area contributed by atoms with Crippen LogP contribution in [0.15, 0.2) is 48.5 Å². The number of benzene rings is 2. The first-order valence-electron chi connectivity index (χ1n) is 9.16. The molecule has 148 valence electrons. The Morgan fingerprint density at radius 3 is 2.32 bits per heavy atom. The van der Waals surface area contributed by atoms with E-state index in [2.05, 4.69) is 0 Å². The normalized spacial score (nSPS) is 13.9. The van der Waals surface area contributed by atoms with Crippen molar-refractivity contribution in [2.45, 2.75) is 6.42 Å². The standard InChI is InChI=1S/C21H23FN2O4/c1-27-19-4-2-3-16(15-19)21(26)24-12-10-23(11-13-24)20(25)9-14-28-18-7-5-17(22)6-8-18/h2-8,15H,9-14H2,1H3. The van der Waals surface area contributed by atoms with Gasteiger partial charge in [0, 0.05) is 31.7 Å². The number of hydrogen-bond acceptors (Lipinski definition) is 4. The second kappa shape index (κ2) is 9.21. The van der Waals surface area contributed by atoms with Crippen molar-refractivity contribution in [2.24, 2.45) is 0 Å². The van der Waals surface area contributed by atoms with Gasteiger partial charge in [0.15, 0.2) is 0 Å². The van der Waals surface area contributed by atoms with Gasteiger partial charge in [0.1, 0.15) is 17.3 Å². The van der Waals surface area contributed by atoms with Gasteiger partial charge in [-0.1, -0.05) is 6.07 Å². The Bertz CT molecular complexity index is 817. The van der Waals surface area contributed by atoms with Gasteiger partial charge in [-0.05, 0) is 42.5 Å². The van der Waals surface area contributed by atoms with Gasteiger partial charge in [-0.2, -0.15) is 0 Å². The van der Waals surface area contributed by atoms with Crippen molar-refractivity contribution in [3.8, 4) is 11.5 Å². The fraction of sp³-hybridized carbons (Fsp3) is 0.333. The minimum absolute atomic E-state index is 0.0180. The Morgan fingerprint density at radius 2 is 1.64 bits per heavy atom. The van der Waals surface area contributed by atoms with Crippen molar-refractivity contribution < 1.29 is 23.5 Å². The third-order valence-electron chi connectivity index (χ3n) is 4.63. The molecule has 0 spiro atoms. The second-order valence-electron chi connectivity index (χ2n) is 6.46. The molecule has 0 saturated carbocycles. The summed E-state index contributed by atoms with van der Waals surface area (Å²) < 4.78 is 23.5. The van der Waals surface area contributed by atoms with Crippen LogP contribution < -0.4 is 9.47 Å². The first kappa shape index (κ1) is 19.7. The Kier molecular flexibility index (Phi) is 6.47. The number of carbonyl (C=O) groups excluding carboxylic acids is 2. The summed E-state index contributed by atoms with van der Waals surface area (Å²) in [7, 11) is 1.56. The third kappa shape index (κ3) is 5.00. The minimum Gasteiger partial charge on any atom is -0.497 e. The summed E-state index contributed by atoms with van der Waals surface area (Å²) >= 11 is 0. The molecule has 0 bridgehead atoms. The first-order valence-corrected chi connectivity index (χ1v) is 9.16. The fourth-order valence-electron chi connectivity index (χ4n) is 3.04. The summed E-state index contributed by atoms with van der Waals surface area (Å²) in [6.07, 6.45) is 0.237. The Hall–Kier alpha value is -3.09. The van der Waals surface area contributed by atoms with Crippen LogP contribution in [0.1, 0.15) is 16.8 Å². The van der Waals surface area contributed by atoms with E-state index in [4.69, 9.17) is 9.47 Å². The molecule has 0 aliphatic carbocycles. The number of amides is 2. The summed E-state index contributed by atoms with van der Waals surface area (Å²) in [4.78, 5) is 28.4. The molecule has 0 unspecified atom stereocenters. The van der Waals surface area contributed by atoms with E-state index in [0.717, 1.165) is 0 Å². The lowest BCUT2D eigenvalue weighted by molar-refractivity contribution is -0.133. The van der Waals surface area contributed by atoms with E-state index in [9.17, 15) is 14.0 Å². The van der Waals surface area contributed by atoms with Crippen molar-refractivity contribution in [1.29, 1.82) is 0 Å². The number of nitrogens with zero attached hydrogens (tertiary/aromatic N) is 2. The van der Waals surface area contributed by atoms with E-state index < -0.39 is 0 Å². The zero-order valence-electron chi connectivity index (χ0n) is 15.8. The van der Waals surface area contributed by atoms with E-state index in [1.807, 2.05) is 0 Å². The zero-order chi connectivity index (χ0) is 19.9. The molecular weight excluding hydrogens is 363 g/mol. The zero-order valence-corrected chi connectivity index (χ0v) is 15.8. The smallest absolute Gasteiger partial charge is 0.254 e. The van der Waals surface area contributed by atoms with Crippen LogP contribution in [0.3, 0.4) is 0 Å². The second-order valence-corrected chi connectivity index (χ2v) is 6.46. The average Bonchev–Trinajstić information content (AvgIpc) is 2.74. The largest absolute Gasteiger partial charge is 0.497 e. The summed E-state index contributed by atoms with van der Waals surface area (Å²) in [6, 6.07) is 12.7. The number of hydrogen-bond donors (Lipinski definition) is 0. The van der Waals surface area contributed by atoms with Crippen LogP contribution in [-0.4, -0.2) is 61.5 Å². The summed E-state index contributed by atoms with van der Waals surface area (Å²) in [5.74, 6) is 0.759. The lowest BCUT2D eigenvalue weighted by Crippen LogP contribution is -2.50. The number of ether oxygens (including phenoxy) is 2. The number of carbonyl (C=O) groups is 2. The molecule has 0 radical (unpaired) electrons. The van der Waals surface area contributed by atoms with Gasteiger partial charge in [0.25, 0.3) is 5.91 Å². The Morgan fingerprint density at radius 1 is 0.964 bits per heavy atom. The molecule has 0 atom stereocenters. The van der Waals surface area contributed by atoms with Gasteiger partial charge in [0.2, 0.25) is 5.91 Å². The number of methoxy groups -OCH3 is 1. The van der Waals surface area contributed by atoms with Crippen molar-refractivity contribution in [2.75, 3.05) is 39.9 Å². The van der Waals surface area contributed by atoms with Crippen LogP contribution in [0.4, 0.5) is 4.39 Å². The van der Waals surface area contributed by atoms with Crippen LogP contribution in [0.5, 0.6) is 11.5 Å². The van der Waals surface area contributed by atoms with Crippen LogP contribution >= 0.6 is 0 Å². The van der Waals surface area contributed by atoms with Gasteiger partial charge < -0.3 is 19.3 Å². The lowest BCUT2D eigenvalue weighted by Gasteiger charge is -2.35. The molecule has 0 N–H and O–H groups in total. The highest BCUT2D eigenvalue weighted by molar-refractivity contribution is 5.94. The van der Waals surface area contributed by atoms with Gasteiger partial charge in [-0.25, -0.2) is 4.39 Å². The van der Waals surface area contributed by atoms with Gasteiger partial charge in [-0.3, -0.25) is 9.59 Å². The molecule has 2 amide bonds. The molecule has 1 heterocycles. The molecule has 1 aliphatic heterocycles. The summed E-state index contributed by atoms with van der Waals surface area (Å²) in [5.41, 5.74) is 0.576. The number of halogens is 1. The quantitative estimate of drug-likeness (QED) is 0.766. The van der Waals surface area contributed by atoms with Gasteiger partial charge >= 0.3 is 0 Å². The molecule has 6 nitrogen and oxygen atoms in total. The number of rotatable bonds is 6. The molecule has 1 fully saturated rings. The first-order chi connectivity index (χ1) is 13.6.